The van der Waals surface area contributed by atoms with E-state index in [1.54, 1.807) is 14.0 Å². The number of carbonyl (C=O) groups is 2. The molecule has 9 heteroatoms. The summed E-state index contributed by atoms with van der Waals surface area (Å²) in [5.41, 5.74) is 7.97. The molecule has 1 aromatic heterocycles. The van der Waals surface area contributed by atoms with E-state index in [1.807, 2.05) is 57.1 Å². The van der Waals surface area contributed by atoms with Crippen LogP contribution in [0, 0.1) is 6.92 Å². The van der Waals surface area contributed by atoms with Gasteiger partial charge in [-0.2, -0.15) is 0 Å². The number of hydrogen-bond acceptors (Lipinski definition) is 7. The van der Waals surface area contributed by atoms with E-state index in [2.05, 4.69) is 25.9 Å². The molecule has 30 heavy (non-hydrogen) atoms. The van der Waals surface area contributed by atoms with E-state index >= 15 is 0 Å². The Kier molecular flexibility index (Phi) is 10.3. The van der Waals surface area contributed by atoms with Crippen molar-refractivity contribution in [3.63, 3.8) is 0 Å². The van der Waals surface area contributed by atoms with Gasteiger partial charge >= 0.3 is 0 Å². The molecule has 164 valence electrons. The second-order valence-electron chi connectivity index (χ2n) is 6.54. The van der Waals surface area contributed by atoms with Crippen LogP contribution in [0.2, 0.25) is 0 Å². The Labute approximate surface area is 178 Å². The van der Waals surface area contributed by atoms with Gasteiger partial charge in [-0.05, 0) is 38.1 Å². The first-order valence-corrected chi connectivity index (χ1v) is 9.94. The Balaban J connectivity index is 0.00000218. The monoisotopic (exact) mass is 415 g/mol. The molecule has 5 N–H and O–H groups in total. The number of nitrogens with zero attached hydrogens (tertiary/aromatic N) is 3. The molecule has 0 saturated carbocycles. The van der Waals surface area contributed by atoms with Crippen molar-refractivity contribution in [1.82, 2.24) is 20.6 Å². The molecule has 2 rings (SSSR count). The van der Waals surface area contributed by atoms with Crippen LogP contribution >= 0.6 is 0 Å². The molecule has 0 bridgehead atoms. The quantitative estimate of drug-likeness (QED) is 0.490. The van der Waals surface area contributed by atoms with Gasteiger partial charge in [-0.3, -0.25) is 9.59 Å². The number of benzene rings is 1. The standard InChI is InChI=1S/C19H27N7O2.C2H6/c1-12-19(26(3)4)25-18(16(23-12)17(20)28)24-14-7-5-6-13(10-14)8-9-22-15(27)11-21-2;1-2/h5-7,10,21H,8-9,11H2,1-4H3,(H2,20,28)(H,22,27)(H,24,25);1-2H3. The van der Waals surface area contributed by atoms with Gasteiger partial charge in [0.1, 0.15) is 0 Å². The summed E-state index contributed by atoms with van der Waals surface area (Å²) >= 11 is 0. The van der Waals surface area contributed by atoms with Gasteiger partial charge in [-0.1, -0.05) is 26.0 Å². The molecule has 0 aliphatic carbocycles. The number of nitrogens with one attached hydrogen (secondary N) is 3. The first kappa shape index (κ1) is 24.8. The van der Waals surface area contributed by atoms with Gasteiger partial charge in [0.15, 0.2) is 17.3 Å². The molecule has 0 atom stereocenters. The minimum Gasteiger partial charge on any atom is -0.364 e. The first-order chi connectivity index (χ1) is 14.3. The van der Waals surface area contributed by atoms with Crippen molar-refractivity contribution >= 4 is 29.1 Å². The van der Waals surface area contributed by atoms with E-state index in [-0.39, 0.29) is 18.1 Å². The molecule has 1 aromatic carbocycles. The van der Waals surface area contributed by atoms with Crippen molar-refractivity contribution in [2.75, 3.05) is 44.4 Å². The first-order valence-electron chi connectivity index (χ1n) is 9.94. The number of aryl methyl sites for hydroxylation is 1. The van der Waals surface area contributed by atoms with Gasteiger partial charge in [0.2, 0.25) is 5.91 Å². The second kappa shape index (κ2) is 12.4. The number of anilines is 3. The Hall–Kier alpha value is -3.20. The van der Waals surface area contributed by atoms with Crippen LogP contribution in [0.3, 0.4) is 0 Å². The normalized spacial score (nSPS) is 9.93. The average molecular weight is 416 g/mol. The largest absolute Gasteiger partial charge is 0.364 e. The van der Waals surface area contributed by atoms with Crippen molar-refractivity contribution in [3.05, 3.63) is 41.2 Å². The van der Waals surface area contributed by atoms with Gasteiger partial charge in [-0.25, -0.2) is 9.97 Å². The molecule has 1 heterocycles. The lowest BCUT2D eigenvalue weighted by Gasteiger charge is -2.17. The predicted molar refractivity (Wildman–Crippen MR) is 121 cm³/mol. The molecule has 0 aliphatic rings. The maximum atomic E-state index is 11.8. The number of primary amides is 1. The molecular weight excluding hydrogens is 382 g/mol. The SMILES string of the molecule is CC.CNCC(=O)NCCc1cccc(Nc2nc(N(C)C)c(C)nc2C(N)=O)c1. The third-order valence-corrected chi connectivity index (χ3v) is 3.97. The number of carbonyl (C=O) groups excluding carboxylic acids is 2. The van der Waals surface area contributed by atoms with Gasteiger partial charge in [-0.15, -0.1) is 0 Å². The van der Waals surface area contributed by atoms with Crippen LogP contribution in [0.4, 0.5) is 17.3 Å². The van der Waals surface area contributed by atoms with Crippen molar-refractivity contribution < 1.29 is 9.59 Å². The van der Waals surface area contributed by atoms with Gasteiger partial charge in [0, 0.05) is 26.3 Å². The summed E-state index contributed by atoms with van der Waals surface area (Å²) in [5, 5.41) is 8.79. The fraction of sp³-hybridized carbons (Fsp3) is 0.429. The lowest BCUT2D eigenvalue weighted by molar-refractivity contribution is -0.120. The zero-order chi connectivity index (χ0) is 22.7. The maximum Gasteiger partial charge on any atom is 0.271 e. The topological polar surface area (TPSA) is 125 Å². The second-order valence-corrected chi connectivity index (χ2v) is 6.54. The van der Waals surface area contributed by atoms with Crippen molar-refractivity contribution in [2.24, 2.45) is 5.73 Å². The Bertz CT molecular complexity index is 853. The molecule has 0 spiro atoms. The zero-order valence-electron chi connectivity index (χ0n) is 18.7. The van der Waals surface area contributed by atoms with Gasteiger partial charge in [0.05, 0.1) is 12.2 Å². The summed E-state index contributed by atoms with van der Waals surface area (Å²) in [7, 11) is 5.44. The number of hydrogen-bond donors (Lipinski definition) is 4. The molecule has 0 fully saturated rings. The highest BCUT2D eigenvalue weighted by atomic mass is 16.2. The van der Waals surface area contributed by atoms with E-state index in [0.29, 0.717) is 30.3 Å². The molecule has 0 saturated heterocycles. The van der Waals surface area contributed by atoms with E-state index in [4.69, 9.17) is 5.73 Å². The van der Waals surface area contributed by atoms with E-state index in [0.717, 1.165) is 11.3 Å². The molecule has 0 radical (unpaired) electrons. The number of amides is 2. The minimum absolute atomic E-state index is 0.0472. The number of nitrogens with two attached hydrogens (primary N) is 1. The number of likely N-dealkylation sites (N-methyl/N-ethyl adjacent to an activating group) is 1. The molecule has 2 amide bonds. The summed E-state index contributed by atoms with van der Waals surface area (Å²) in [4.78, 5) is 33.9. The van der Waals surface area contributed by atoms with Crippen LogP contribution in [0.1, 0.15) is 35.6 Å². The third kappa shape index (κ3) is 7.32. The van der Waals surface area contributed by atoms with Gasteiger partial charge in [0.25, 0.3) is 5.91 Å². The summed E-state index contributed by atoms with van der Waals surface area (Å²) in [6.07, 6.45) is 0.677. The molecule has 0 aliphatic heterocycles. The van der Waals surface area contributed by atoms with E-state index in [1.165, 1.54) is 0 Å². The highest BCUT2D eigenvalue weighted by molar-refractivity contribution is 5.96. The van der Waals surface area contributed by atoms with Crippen molar-refractivity contribution in [2.45, 2.75) is 27.2 Å². The van der Waals surface area contributed by atoms with Crippen molar-refractivity contribution in [1.29, 1.82) is 0 Å². The lowest BCUT2D eigenvalue weighted by atomic mass is 10.1. The minimum atomic E-state index is -0.646. The fourth-order valence-corrected chi connectivity index (χ4v) is 2.70. The highest BCUT2D eigenvalue weighted by Gasteiger charge is 2.17. The molecular formula is C21H33N7O2. The fourth-order valence-electron chi connectivity index (χ4n) is 2.70. The molecule has 0 unspecified atom stereocenters. The lowest BCUT2D eigenvalue weighted by Crippen LogP contribution is -2.33. The Morgan fingerprint density at radius 3 is 2.47 bits per heavy atom. The summed E-state index contributed by atoms with van der Waals surface area (Å²) < 4.78 is 0. The number of aromatic nitrogens is 2. The summed E-state index contributed by atoms with van der Waals surface area (Å²) in [5.74, 6) is 0.262. The van der Waals surface area contributed by atoms with E-state index < -0.39 is 5.91 Å². The number of rotatable bonds is 9. The van der Waals surface area contributed by atoms with Crippen molar-refractivity contribution in [3.8, 4) is 0 Å². The zero-order valence-corrected chi connectivity index (χ0v) is 18.7. The maximum absolute atomic E-state index is 11.8. The summed E-state index contributed by atoms with van der Waals surface area (Å²) in [6, 6.07) is 7.67. The van der Waals surface area contributed by atoms with Crippen LogP contribution in [-0.2, 0) is 11.2 Å². The van der Waals surface area contributed by atoms with Crippen LogP contribution in [0.15, 0.2) is 24.3 Å². The van der Waals surface area contributed by atoms with Crippen LogP contribution < -0.4 is 26.6 Å². The third-order valence-electron chi connectivity index (χ3n) is 3.97. The predicted octanol–water partition coefficient (Wildman–Crippen LogP) is 1.60. The smallest absolute Gasteiger partial charge is 0.271 e. The Morgan fingerprint density at radius 1 is 1.17 bits per heavy atom. The summed E-state index contributed by atoms with van der Waals surface area (Å²) in [6.45, 7) is 6.60. The van der Waals surface area contributed by atoms with Crippen LogP contribution in [0.5, 0.6) is 0 Å². The van der Waals surface area contributed by atoms with Crippen LogP contribution in [-0.4, -0.2) is 56.0 Å². The Morgan fingerprint density at radius 2 is 1.87 bits per heavy atom. The molecule has 9 nitrogen and oxygen atoms in total. The highest BCUT2D eigenvalue weighted by Crippen LogP contribution is 2.23. The van der Waals surface area contributed by atoms with Crippen LogP contribution in [0.25, 0.3) is 0 Å². The van der Waals surface area contributed by atoms with Gasteiger partial charge < -0.3 is 26.6 Å². The average Bonchev–Trinajstić information content (AvgIpc) is 2.70. The molecule has 2 aromatic rings. The van der Waals surface area contributed by atoms with E-state index in [9.17, 15) is 9.59 Å².